The van der Waals surface area contributed by atoms with Crippen LogP contribution in [0, 0.1) is 5.92 Å². The molecule has 106 valence electrons. The minimum atomic E-state index is 0.0481. The molecule has 20 heavy (non-hydrogen) atoms. The number of aliphatic hydroxyl groups is 1. The van der Waals surface area contributed by atoms with Gasteiger partial charge < -0.3 is 14.4 Å². The first kappa shape index (κ1) is 13.3. The third-order valence-electron chi connectivity index (χ3n) is 3.51. The predicted octanol–water partition coefficient (Wildman–Crippen LogP) is 1.79. The molecule has 2 aromatic rings. The molecule has 1 unspecified atom stereocenters. The minimum Gasteiger partial charge on any atom is -0.444 e. The lowest BCUT2D eigenvalue weighted by Crippen LogP contribution is -2.30. The summed E-state index contributed by atoms with van der Waals surface area (Å²) < 4.78 is 5.40. The Balaban J connectivity index is 1.62. The second-order valence-electron chi connectivity index (χ2n) is 4.98. The molecule has 0 bridgehead atoms. The summed E-state index contributed by atoms with van der Waals surface area (Å²) >= 11 is 1.56. The van der Waals surface area contributed by atoms with Crippen LogP contribution in [0.25, 0.3) is 10.8 Å². The number of hydrogen-bond acceptors (Lipinski definition) is 5. The molecule has 1 amide bonds. The average Bonchev–Trinajstić information content (AvgIpc) is 3.19. The molecule has 3 heterocycles. The second-order valence-corrected chi connectivity index (χ2v) is 5.92. The van der Waals surface area contributed by atoms with Gasteiger partial charge in [-0.2, -0.15) is 0 Å². The molecule has 0 saturated carbocycles. The van der Waals surface area contributed by atoms with Gasteiger partial charge in [-0.05, 0) is 17.9 Å². The largest absolute Gasteiger partial charge is 0.444 e. The number of likely N-dealkylation sites (tertiary alicyclic amines) is 1. The third-order valence-corrected chi connectivity index (χ3v) is 4.37. The van der Waals surface area contributed by atoms with Crippen LogP contribution >= 0.6 is 11.3 Å². The highest BCUT2D eigenvalue weighted by Crippen LogP contribution is 2.24. The minimum absolute atomic E-state index is 0.0481. The number of aliphatic hydroxyl groups excluding tert-OH is 1. The van der Waals surface area contributed by atoms with E-state index in [-0.39, 0.29) is 24.9 Å². The van der Waals surface area contributed by atoms with Crippen molar-refractivity contribution in [3.05, 3.63) is 29.5 Å². The molecule has 3 rings (SSSR count). The topological polar surface area (TPSA) is 66.6 Å². The number of thiophene rings is 1. The van der Waals surface area contributed by atoms with Crippen LogP contribution in [0.5, 0.6) is 0 Å². The Labute approximate surface area is 120 Å². The summed E-state index contributed by atoms with van der Waals surface area (Å²) in [5, 5.41) is 11.1. The highest BCUT2D eigenvalue weighted by atomic mass is 32.1. The molecule has 1 fully saturated rings. The molecule has 0 spiro atoms. The standard InChI is InChI=1S/C14H16N2O3S/c17-8-10-3-4-16(7-10)13(18)6-11-9-19-14(15-11)12-2-1-5-20-12/h1-2,5,9-10,17H,3-4,6-8H2. The monoisotopic (exact) mass is 292 g/mol. The first-order valence-corrected chi connectivity index (χ1v) is 7.51. The molecular weight excluding hydrogens is 276 g/mol. The van der Waals surface area contributed by atoms with Crippen LogP contribution in [0.4, 0.5) is 0 Å². The number of aromatic nitrogens is 1. The van der Waals surface area contributed by atoms with E-state index >= 15 is 0 Å². The van der Waals surface area contributed by atoms with Gasteiger partial charge in [0.25, 0.3) is 0 Å². The highest BCUT2D eigenvalue weighted by molar-refractivity contribution is 7.13. The summed E-state index contributed by atoms with van der Waals surface area (Å²) in [4.78, 5) is 19.2. The van der Waals surface area contributed by atoms with Crippen LogP contribution in [-0.4, -0.2) is 40.6 Å². The summed E-state index contributed by atoms with van der Waals surface area (Å²) in [6.07, 6.45) is 2.68. The van der Waals surface area contributed by atoms with Crippen molar-refractivity contribution in [1.82, 2.24) is 9.88 Å². The van der Waals surface area contributed by atoms with Gasteiger partial charge >= 0.3 is 0 Å². The number of oxazole rings is 1. The predicted molar refractivity (Wildman–Crippen MR) is 75.3 cm³/mol. The molecule has 0 radical (unpaired) electrons. The lowest BCUT2D eigenvalue weighted by molar-refractivity contribution is -0.129. The zero-order valence-electron chi connectivity index (χ0n) is 11.0. The fourth-order valence-electron chi connectivity index (χ4n) is 2.38. The van der Waals surface area contributed by atoms with Gasteiger partial charge in [-0.25, -0.2) is 4.98 Å². The van der Waals surface area contributed by atoms with Gasteiger partial charge in [-0.3, -0.25) is 4.79 Å². The van der Waals surface area contributed by atoms with Gasteiger partial charge in [0, 0.05) is 25.6 Å². The average molecular weight is 292 g/mol. The van der Waals surface area contributed by atoms with Crippen molar-refractivity contribution in [2.75, 3.05) is 19.7 Å². The smallest absolute Gasteiger partial charge is 0.236 e. The molecule has 6 heteroatoms. The molecule has 1 atom stereocenters. The number of carbonyl (C=O) groups is 1. The van der Waals surface area contributed by atoms with Crippen molar-refractivity contribution in [3.63, 3.8) is 0 Å². The lowest BCUT2D eigenvalue weighted by atomic mass is 10.1. The molecule has 0 aliphatic carbocycles. The second kappa shape index (κ2) is 5.76. The third kappa shape index (κ3) is 2.76. The summed E-state index contributed by atoms with van der Waals surface area (Å²) in [6, 6.07) is 3.88. The Morgan fingerprint density at radius 1 is 1.60 bits per heavy atom. The van der Waals surface area contributed by atoms with E-state index in [0.29, 0.717) is 18.1 Å². The van der Waals surface area contributed by atoms with Gasteiger partial charge in [0.15, 0.2) is 0 Å². The number of hydrogen-bond donors (Lipinski definition) is 1. The zero-order valence-corrected chi connectivity index (χ0v) is 11.8. The van der Waals surface area contributed by atoms with E-state index in [4.69, 9.17) is 9.52 Å². The van der Waals surface area contributed by atoms with Crippen molar-refractivity contribution >= 4 is 17.2 Å². The lowest BCUT2D eigenvalue weighted by Gasteiger charge is -2.15. The summed E-state index contributed by atoms with van der Waals surface area (Å²) in [6.45, 7) is 1.51. The fourth-order valence-corrected chi connectivity index (χ4v) is 3.03. The number of carbonyl (C=O) groups excluding carboxylic acids is 1. The Bertz CT molecular complexity index is 579. The number of nitrogens with zero attached hydrogens (tertiary/aromatic N) is 2. The molecule has 5 nitrogen and oxygen atoms in total. The molecular formula is C14H16N2O3S. The summed E-state index contributed by atoms with van der Waals surface area (Å²) in [5.74, 6) is 0.836. The van der Waals surface area contributed by atoms with E-state index in [9.17, 15) is 4.79 Å². The van der Waals surface area contributed by atoms with Crippen molar-refractivity contribution in [3.8, 4) is 10.8 Å². The van der Waals surface area contributed by atoms with Crippen LogP contribution < -0.4 is 0 Å². The first-order chi connectivity index (χ1) is 9.76. The zero-order chi connectivity index (χ0) is 13.9. The van der Waals surface area contributed by atoms with Gasteiger partial charge in [0.1, 0.15) is 6.26 Å². The molecule has 2 aromatic heterocycles. The Hall–Kier alpha value is -1.66. The van der Waals surface area contributed by atoms with Crippen molar-refractivity contribution in [2.45, 2.75) is 12.8 Å². The quantitative estimate of drug-likeness (QED) is 0.933. The van der Waals surface area contributed by atoms with Gasteiger partial charge in [0.05, 0.1) is 17.0 Å². The van der Waals surface area contributed by atoms with Crippen LogP contribution in [-0.2, 0) is 11.2 Å². The van der Waals surface area contributed by atoms with Crippen LogP contribution in [0.3, 0.4) is 0 Å². The fraction of sp³-hybridized carbons (Fsp3) is 0.429. The highest BCUT2D eigenvalue weighted by Gasteiger charge is 2.26. The molecule has 0 aromatic carbocycles. The Morgan fingerprint density at radius 2 is 2.50 bits per heavy atom. The maximum absolute atomic E-state index is 12.1. The van der Waals surface area contributed by atoms with Crippen molar-refractivity contribution < 1.29 is 14.3 Å². The Kier molecular flexibility index (Phi) is 3.84. The summed E-state index contributed by atoms with van der Waals surface area (Å²) in [5.41, 5.74) is 0.658. The van der Waals surface area contributed by atoms with E-state index in [0.717, 1.165) is 17.8 Å². The van der Waals surface area contributed by atoms with E-state index in [1.165, 1.54) is 0 Å². The molecule has 1 N–H and O–H groups in total. The first-order valence-electron chi connectivity index (χ1n) is 6.63. The van der Waals surface area contributed by atoms with Crippen LogP contribution in [0.15, 0.2) is 28.2 Å². The van der Waals surface area contributed by atoms with Crippen LogP contribution in [0.1, 0.15) is 12.1 Å². The van der Waals surface area contributed by atoms with E-state index in [2.05, 4.69) is 4.98 Å². The number of rotatable bonds is 4. The Morgan fingerprint density at radius 3 is 3.20 bits per heavy atom. The van der Waals surface area contributed by atoms with Crippen LogP contribution in [0.2, 0.25) is 0 Å². The maximum Gasteiger partial charge on any atom is 0.236 e. The van der Waals surface area contributed by atoms with Gasteiger partial charge in [-0.15, -0.1) is 11.3 Å². The van der Waals surface area contributed by atoms with E-state index in [1.807, 2.05) is 17.5 Å². The molecule has 1 aliphatic heterocycles. The SMILES string of the molecule is O=C(Cc1coc(-c2cccs2)n1)N1CCC(CO)C1. The number of amides is 1. The molecule has 1 aliphatic rings. The van der Waals surface area contributed by atoms with E-state index in [1.54, 1.807) is 22.5 Å². The van der Waals surface area contributed by atoms with Crippen molar-refractivity contribution in [1.29, 1.82) is 0 Å². The maximum atomic E-state index is 12.1. The molecule has 1 saturated heterocycles. The van der Waals surface area contributed by atoms with Gasteiger partial charge in [0.2, 0.25) is 11.8 Å². The van der Waals surface area contributed by atoms with Crippen molar-refractivity contribution in [2.24, 2.45) is 5.92 Å². The van der Waals surface area contributed by atoms with Gasteiger partial charge in [-0.1, -0.05) is 6.07 Å². The summed E-state index contributed by atoms with van der Waals surface area (Å²) in [7, 11) is 0. The normalized spacial score (nSPS) is 18.6. The van der Waals surface area contributed by atoms with E-state index < -0.39 is 0 Å².